The minimum atomic E-state index is -0.374. The van der Waals surface area contributed by atoms with Crippen LogP contribution in [0.4, 0.5) is 11.4 Å². The number of nitro groups is 1. The van der Waals surface area contributed by atoms with Crippen molar-refractivity contribution in [1.29, 1.82) is 0 Å². The molecule has 0 amide bonds. The fourth-order valence-electron chi connectivity index (χ4n) is 4.73. The number of fused-ring (bicyclic) bond motifs is 1. The molecule has 144 valence electrons. The molecule has 1 saturated carbocycles. The Kier molecular flexibility index (Phi) is 4.52. The second-order valence-corrected chi connectivity index (χ2v) is 7.63. The number of rotatable bonds is 4. The van der Waals surface area contributed by atoms with Gasteiger partial charge in [0.1, 0.15) is 0 Å². The van der Waals surface area contributed by atoms with E-state index in [1.54, 1.807) is 6.07 Å². The molecule has 1 saturated heterocycles. The summed E-state index contributed by atoms with van der Waals surface area (Å²) in [5, 5.41) is 22.6. The van der Waals surface area contributed by atoms with Gasteiger partial charge in [-0.3, -0.25) is 10.1 Å². The van der Waals surface area contributed by atoms with Crippen LogP contribution in [0.25, 0.3) is 10.9 Å². The van der Waals surface area contributed by atoms with Gasteiger partial charge in [0.05, 0.1) is 17.1 Å². The predicted octanol–water partition coefficient (Wildman–Crippen LogP) is 3.21. The maximum Gasteiger partial charge on any atom is 0.295 e. The van der Waals surface area contributed by atoms with Crippen molar-refractivity contribution in [3.05, 3.63) is 40.1 Å². The van der Waals surface area contributed by atoms with Gasteiger partial charge in [0.25, 0.3) is 5.69 Å². The number of aromatic nitrogens is 1. The zero-order valence-electron chi connectivity index (χ0n) is 15.7. The molecule has 2 atom stereocenters. The number of piperidine rings is 1. The fraction of sp³-hybridized carbons (Fsp3) is 0.550. The molecule has 1 aromatic carbocycles. The summed E-state index contributed by atoms with van der Waals surface area (Å²) < 4.78 is 5.85. The molecule has 2 aliphatic rings. The molecular formula is C20H25N3O4. The minimum absolute atomic E-state index is 0.0387. The molecule has 27 heavy (non-hydrogen) atoms. The molecule has 7 heteroatoms. The number of anilines is 1. The number of benzene rings is 1. The Morgan fingerprint density at radius 2 is 2.15 bits per heavy atom. The number of nitro benzene ring substituents is 1. The monoisotopic (exact) mass is 371 g/mol. The first-order chi connectivity index (χ1) is 13.0. The molecule has 2 unspecified atom stereocenters. The van der Waals surface area contributed by atoms with Crippen LogP contribution in [-0.2, 0) is 4.74 Å². The van der Waals surface area contributed by atoms with Crippen LogP contribution in [-0.4, -0.2) is 46.9 Å². The number of aliphatic hydroxyl groups excluding tert-OH is 1. The van der Waals surface area contributed by atoms with Crippen molar-refractivity contribution in [3.8, 4) is 0 Å². The number of aliphatic hydroxyl groups is 1. The van der Waals surface area contributed by atoms with Crippen molar-refractivity contribution in [2.45, 2.75) is 45.3 Å². The van der Waals surface area contributed by atoms with Gasteiger partial charge in [-0.2, -0.15) is 0 Å². The quantitative estimate of drug-likeness (QED) is 0.656. The number of nitrogens with zero attached hydrogens (tertiary/aromatic N) is 3. The van der Waals surface area contributed by atoms with Crippen LogP contribution >= 0.6 is 0 Å². The lowest BCUT2D eigenvalue weighted by Crippen LogP contribution is -2.62. The Balaban J connectivity index is 1.65. The van der Waals surface area contributed by atoms with Crippen LogP contribution < -0.4 is 4.90 Å². The van der Waals surface area contributed by atoms with Gasteiger partial charge in [0.15, 0.2) is 5.52 Å². The van der Waals surface area contributed by atoms with Crippen molar-refractivity contribution in [3.63, 3.8) is 0 Å². The van der Waals surface area contributed by atoms with Gasteiger partial charge in [-0.15, -0.1) is 0 Å². The Morgan fingerprint density at radius 3 is 2.78 bits per heavy atom. The first-order valence-electron chi connectivity index (χ1n) is 9.55. The average molecular weight is 371 g/mol. The highest BCUT2D eigenvalue weighted by molar-refractivity contribution is 5.97. The van der Waals surface area contributed by atoms with Gasteiger partial charge in [-0.05, 0) is 32.8 Å². The molecule has 1 N–H and O–H groups in total. The zero-order chi connectivity index (χ0) is 19.2. The van der Waals surface area contributed by atoms with Crippen LogP contribution in [0.3, 0.4) is 0 Å². The molecule has 7 nitrogen and oxygen atoms in total. The summed E-state index contributed by atoms with van der Waals surface area (Å²) in [4.78, 5) is 17.7. The number of non-ortho nitro benzene ring substituents is 1. The summed E-state index contributed by atoms with van der Waals surface area (Å²) in [7, 11) is 0. The lowest BCUT2D eigenvalue weighted by molar-refractivity contribution is -0.383. The molecule has 0 bridgehead atoms. The normalized spacial score (nSPS) is 24.2. The third-order valence-corrected chi connectivity index (χ3v) is 6.27. The largest absolute Gasteiger partial charge is 0.392 e. The van der Waals surface area contributed by atoms with Crippen molar-refractivity contribution >= 4 is 22.3 Å². The summed E-state index contributed by atoms with van der Waals surface area (Å²) >= 11 is 0. The molecule has 1 spiro atoms. The van der Waals surface area contributed by atoms with E-state index < -0.39 is 0 Å². The Labute approximate surface area is 158 Å². The van der Waals surface area contributed by atoms with Crippen LogP contribution in [0.5, 0.6) is 0 Å². The van der Waals surface area contributed by atoms with E-state index in [0.717, 1.165) is 49.1 Å². The van der Waals surface area contributed by atoms with Crippen molar-refractivity contribution in [2.24, 2.45) is 5.41 Å². The number of ether oxygens (including phenoxy) is 1. The summed E-state index contributed by atoms with van der Waals surface area (Å²) in [6.07, 6.45) is 2.27. The third kappa shape index (κ3) is 2.85. The average Bonchev–Trinajstić information content (AvgIpc) is 2.66. The van der Waals surface area contributed by atoms with Gasteiger partial charge in [0.2, 0.25) is 0 Å². The Bertz CT molecular complexity index is 875. The Hall–Kier alpha value is -2.25. The molecule has 4 rings (SSSR count). The molecule has 2 aromatic rings. The van der Waals surface area contributed by atoms with Crippen molar-refractivity contribution < 1.29 is 14.8 Å². The van der Waals surface area contributed by atoms with Crippen LogP contribution in [0.15, 0.2) is 24.3 Å². The van der Waals surface area contributed by atoms with E-state index >= 15 is 0 Å². The molecule has 1 aromatic heterocycles. The first kappa shape index (κ1) is 18.1. The minimum Gasteiger partial charge on any atom is -0.392 e. The standard InChI is InChI=1S/C20H25N3O4/c1-3-27-18-12-17(24)20(18)7-9-22(10-8-20)16-11-13(2)21-19-14(16)5-4-6-15(19)23(25)26/h4-6,11,17-18,24H,3,7-10,12H2,1-2H3. The Morgan fingerprint density at radius 1 is 1.41 bits per heavy atom. The number of para-hydroxylation sites is 1. The van der Waals surface area contributed by atoms with E-state index in [9.17, 15) is 15.2 Å². The maximum absolute atomic E-state index is 11.4. The molecule has 2 heterocycles. The maximum atomic E-state index is 11.4. The molecular weight excluding hydrogens is 346 g/mol. The van der Waals surface area contributed by atoms with E-state index in [-0.39, 0.29) is 28.2 Å². The number of hydrogen-bond donors (Lipinski definition) is 1. The van der Waals surface area contributed by atoms with Crippen molar-refractivity contribution in [1.82, 2.24) is 4.98 Å². The summed E-state index contributed by atoms with van der Waals surface area (Å²) in [5.41, 5.74) is 2.09. The third-order valence-electron chi connectivity index (χ3n) is 6.27. The lowest BCUT2D eigenvalue weighted by Gasteiger charge is -2.57. The van der Waals surface area contributed by atoms with E-state index in [4.69, 9.17) is 4.74 Å². The fourth-order valence-corrected chi connectivity index (χ4v) is 4.73. The van der Waals surface area contributed by atoms with Crippen LogP contribution in [0.2, 0.25) is 0 Å². The van der Waals surface area contributed by atoms with Gasteiger partial charge in [0, 0.05) is 54.4 Å². The second-order valence-electron chi connectivity index (χ2n) is 7.63. The first-order valence-corrected chi connectivity index (χ1v) is 9.55. The van der Waals surface area contributed by atoms with E-state index in [1.807, 2.05) is 26.0 Å². The van der Waals surface area contributed by atoms with Gasteiger partial charge >= 0.3 is 0 Å². The van der Waals surface area contributed by atoms with Gasteiger partial charge < -0.3 is 14.7 Å². The predicted molar refractivity (Wildman–Crippen MR) is 103 cm³/mol. The highest BCUT2D eigenvalue weighted by Gasteiger charge is 2.56. The van der Waals surface area contributed by atoms with Crippen LogP contribution in [0.1, 0.15) is 31.9 Å². The molecule has 1 aliphatic heterocycles. The number of pyridine rings is 1. The molecule has 0 radical (unpaired) electrons. The van der Waals surface area contributed by atoms with E-state index in [0.29, 0.717) is 12.1 Å². The topological polar surface area (TPSA) is 88.7 Å². The summed E-state index contributed by atoms with van der Waals surface area (Å²) in [6, 6.07) is 7.12. The lowest BCUT2D eigenvalue weighted by atomic mass is 9.58. The van der Waals surface area contributed by atoms with E-state index in [1.165, 1.54) is 6.07 Å². The summed E-state index contributed by atoms with van der Waals surface area (Å²) in [5.74, 6) is 0. The smallest absolute Gasteiger partial charge is 0.295 e. The SMILES string of the molecule is CCOC1CC(O)C12CCN(c1cc(C)nc3c([N+](=O)[O-])cccc13)CC2. The summed E-state index contributed by atoms with van der Waals surface area (Å²) in [6.45, 7) is 6.11. The van der Waals surface area contributed by atoms with Crippen molar-refractivity contribution in [2.75, 3.05) is 24.6 Å². The zero-order valence-corrected chi connectivity index (χ0v) is 15.7. The van der Waals surface area contributed by atoms with Gasteiger partial charge in [-0.1, -0.05) is 12.1 Å². The highest BCUT2D eigenvalue weighted by atomic mass is 16.6. The molecule has 2 fully saturated rings. The number of aryl methyl sites for hydroxylation is 1. The van der Waals surface area contributed by atoms with E-state index in [2.05, 4.69) is 9.88 Å². The van der Waals surface area contributed by atoms with Gasteiger partial charge in [-0.25, -0.2) is 4.98 Å². The second kappa shape index (κ2) is 6.73. The molecule has 1 aliphatic carbocycles. The van der Waals surface area contributed by atoms with Crippen LogP contribution in [0, 0.1) is 22.5 Å². The number of hydrogen-bond acceptors (Lipinski definition) is 6. The highest BCUT2D eigenvalue weighted by Crippen LogP contribution is 2.51.